The van der Waals surface area contributed by atoms with Crippen LogP contribution in [0.2, 0.25) is 0 Å². The van der Waals surface area contributed by atoms with Gasteiger partial charge in [-0.25, -0.2) is 4.79 Å². The summed E-state index contributed by atoms with van der Waals surface area (Å²) in [4.78, 5) is 11.8. The standard InChI is InChI=1S/C17H21BrO2/c1-2-20-17(19)12-16(13-6-4-3-5-7-13)14-8-10-15(18)11-9-14/h8-13H,2-7H2,1H3. The normalized spacial score (nSPS) is 17.0. The third-order valence-electron chi connectivity index (χ3n) is 3.78. The van der Waals surface area contributed by atoms with Crippen LogP contribution in [0.15, 0.2) is 34.8 Å². The molecule has 1 aromatic rings. The maximum atomic E-state index is 11.8. The van der Waals surface area contributed by atoms with Crippen molar-refractivity contribution in [3.63, 3.8) is 0 Å². The van der Waals surface area contributed by atoms with Gasteiger partial charge in [0.25, 0.3) is 0 Å². The van der Waals surface area contributed by atoms with Crippen LogP contribution < -0.4 is 0 Å². The minimum atomic E-state index is -0.226. The van der Waals surface area contributed by atoms with Crippen molar-refractivity contribution in [3.8, 4) is 0 Å². The molecule has 0 saturated heterocycles. The molecule has 0 atom stereocenters. The van der Waals surface area contributed by atoms with E-state index in [0.29, 0.717) is 12.5 Å². The number of benzene rings is 1. The zero-order valence-corrected chi connectivity index (χ0v) is 13.5. The summed E-state index contributed by atoms with van der Waals surface area (Å²) in [5.74, 6) is 0.255. The molecule has 0 aromatic heterocycles. The summed E-state index contributed by atoms with van der Waals surface area (Å²) >= 11 is 3.46. The molecule has 1 saturated carbocycles. The molecule has 0 aliphatic heterocycles. The maximum Gasteiger partial charge on any atom is 0.331 e. The zero-order valence-electron chi connectivity index (χ0n) is 11.9. The SMILES string of the molecule is CCOC(=O)C=C(c1ccc(Br)cc1)C1CCCCC1. The van der Waals surface area contributed by atoms with Gasteiger partial charge in [-0.1, -0.05) is 47.3 Å². The summed E-state index contributed by atoms with van der Waals surface area (Å²) in [5, 5.41) is 0. The summed E-state index contributed by atoms with van der Waals surface area (Å²) in [5.41, 5.74) is 2.27. The van der Waals surface area contributed by atoms with Crippen molar-refractivity contribution in [1.82, 2.24) is 0 Å². The van der Waals surface area contributed by atoms with Gasteiger partial charge < -0.3 is 4.74 Å². The fourth-order valence-electron chi connectivity index (χ4n) is 2.80. The lowest BCUT2D eigenvalue weighted by molar-refractivity contribution is -0.137. The van der Waals surface area contributed by atoms with Crippen LogP contribution in [0, 0.1) is 5.92 Å². The Morgan fingerprint density at radius 3 is 2.50 bits per heavy atom. The summed E-state index contributed by atoms with van der Waals surface area (Å²) in [6, 6.07) is 8.20. The number of carbonyl (C=O) groups is 1. The van der Waals surface area contributed by atoms with Crippen molar-refractivity contribution >= 4 is 27.5 Å². The average molecular weight is 337 g/mol. The van der Waals surface area contributed by atoms with E-state index < -0.39 is 0 Å². The van der Waals surface area contributed by atoms with Gasteiger partial charge in [-0.2, -0.15) is 0 Å². The van der Waals surface area contributed by atoms with Crippen LogP contribution >= 0.6 is 15.9 Å². The van der Waals surface area contributed by atoms with Crippen LogP contribution in [0.5, 0.6) is 0 Å². The molecule has 20 heavy (non-hydrogen) atoms. The predicted molar refractivity (Wildman–Crippen MR) is 85.3 cm³/mol. The second kappa shape index (κ2) is 7.63. The molecule has 1 aromatic carbocycles. The first kappa shape index (κ1) is 15.3. The minimum Gasteiger partial charge on any atom is -0.463 e. The average Bonchev–Trinajstić information content (AvgIpc) is 2.47. The molecular weight excluding hydrogens is 316 g/mol. The van der Waals surface area contributed by atoms with Crippen LogP contribution in [0.3, 0.4) is 0 Å². The van der Waals surface area contributed by atoms with Crippen molar-refractivity contribution in [2.75, 3.05) is 6.61 Å². The number of rotatable bonds is 4. The summed E-state index contributed by atoms with van der Waals surface area (Å²) in [7, 11) is 0. The van der Waals surface area contributed by atoms with E-state index in [1.54, 1.807) is 6.08 Å². The number of esters is 1. The summed E-state index contributed by atoms with van der Waals surface area (Å²) in [6.45, 7) is 2.26. The molecule has 0 spiro atoms. The zero-order chi connectivity index (χ0) is 14.4. The van der Waals surface area contributed by atoms with Gasteiger partial charge in [0.1, 0.15) is 0 Å². The molecule has 0 amide bonds. The smallest absolute Gasteiger partial charge is 0.331 e. The Kier molecular flexibility index (Phi) is 5.84. The van der Waals surface area contributed by atoms with E-state index in [-0.39, 0.29) is 5.97 Å². The molecule has 0 bridgehead atoms. The van der Waals surface area contributed by atoms with E-state index in [2.05, 4.69) is 28.1 Å². The number of carbonyl (C=O) groups excluding carboxylic acids is 1. The highest BCUT2D eigenvalue weighted by Crippen LogP contribution is 2.35. The van der Waals surface area contributed by atoms with Gasteiger partial charge in [-0.05, 0) is 49.0 Å². The van der Waals surface area contributed by atoms with E-state index >= 15 is 0 Å². The number of ether oxygens (including phenoxy) is 1. The Labute approximate surface area is 129 Å². The van der Waals surface area contributed by atoms with E-state index in [1.165, 1.54) is 32.1 Å². The first-order valence-corrected chi connectivity index (χ1v) is 8.14. The van der Waals surface area contributed by atoms with Gasteiger partial charge in [0.05, 0.1) is 6.61 Å². The highest BCUT2D eigenvalue weighted by atomic mass is 79.9. The summed E-state index contributed by atoms with van der Waals surface area (Å²) < 4.78 is 6.14. The van der Waals surface area contributed by atoms with E-state index in [9.17, 15) is 4.79 Å². The monoisotopic (exact) mass is 336 g/mol. The second-order valence-corrected chi connectivity index (χ2v) is 6.11. The second-order valence-electron chi connectivity index (χ2n) is 5.19. The molecular formula is C17H21BrO2. The molecule has 0 unspecified atom stereocenters. The summed E-state index contributed by atoms with van der Waals surface area (Å²) in [6.07, 6.45) is 7.84. The molecule has 0 N–H and O–H groups in total. The number of hydrogen-bond donors (Lipinski definition) is 0. The molecule has 3 heteroatoms. The Morgan fingerprint density at radius 2 is 1.90 bits per heavy atom. The van der Waals surface area contributed by atoms with Crippen molar-refractivity contribution in [2.24, 2.45) is 5.92 Å². The molecule has 1 aliphatic rings. The van der Waals surface area contributed by atoms with Crippen molar-refractivity contribution < 1.29 is 9.53 Å². The van der Waals surface area contributed by atoms with Crippen LogP contribution in [0.1, 0.15) is 44.6 Å². The molecule has 108 valence electrons. The Morgan fingerprint density at radius 1 is 1.25 bits per heavy atom. The van der Waals surface area contributed by atoms with Crippen molar-refractivity contribution in [3.05, 3.63) is 40.4 Å². The predicted octanol–water partition coefficient (Wildman–Crippen LogP) is 4.98. The van der Waals surface area contributed by atoms with Crippen LogP contribution in [-0.4, -0.2) is 12.6 Å². The molecule has 2 rings (SSSR count). The van der Waals surface area contributed by atoms with Crippen LogP contribution in [0.25, 0.3) is 5.57 Å². The topological polar surface area (TPSA) is 26.3 Å². The highest BCUT2D eigenvalue weighted by molar-refractivity contribution is 9.10. The van der Waals surface area contributed by atoms with Gasteiger partial charge in [-0.3, -0.25) is 0 Å². The van der Waals surface area contributed by atoms with E-state index in [1.807, 2.05) is 19.1 Å². The Balaban J connectivity index is 2.27. The largest absolute Gasteiger partial charge is 0.463 e. The highest BCUT2D eigenvalue weighted by Gasteiger charge is 2.20. The van der Waals surface area contributed by atoms with E-state index in [4.69, 9.17) is 4.74 Å². The molecule has 1 fully saturated rings. The molecule has 0 heterocycles. The van der Waals surface area contributed by atoms with Gasteiger partial charge in [0.2, 0.25) is 0 Å². The lowest BCUT2D eigenvalue weighted by Gasteiger charge is -2.24. The maximum absolute atomic E-state index is 11.8. The quantitative estimate of drug-likeness (QED) is 0.572. The first-order valence-electron chi connectivity index (χ1n) is 7.35. The third kappa shape index (κ3) is 4.20. The van der Waals surface area contributed by atoms with E-state index in [0.717, 1.165) is 15.6 Å². The van der Waals surface area contributed by atoms with Gasteiger partial charge in [0, 0.05) is 10.5 Å². The van der Waals surface area contributed by atoms with Crippen LogP contribution in [0.4, 0.5) is 0 Å². The lowest BCUT2D eigenvalue weighted by atomic mass is 9.81. The number of allylic oxidation sites excluding steroid dienone is 1. The number of halogens is 1. The van der Waals surface area contributed by atoms with Crippen molar-refractivity contribution in [2.45, 2.75) is 39.0 Å². The lowest BCUT2D eigenvalue weighted by Crippen LogP contribution is -2.11. The van der Waals surface area contributed by atoms with Gasteiger partial charge >= 0.3 is 5.97 Å². The third-order valence-corrected chi connectivity index (χ3v) is 4.31. The molecule has 1 aliphatic carbocycles. The first-order chi connectivity index (χ1) is 9.70. The number of hydrogen-bond acceptors (Lipinski definition) is 2. The Bertz CT molecular complexity index is 470. The fraction of sp³-hybridized carbons (Fsp3) is 0.471. The minimum absolute atomic E-state index is 0.226. The Hall–Kier alpha value is -1.09. The molecule has 2 nitrogen and oxygen atoms in total. The fourth-order valence-corrected chi connectivity index (χ4v) is 3.07. The molecule has 0 radical (unpaired) electrons. The van der Waals surface area contributed by atoms with Crippen molar-refractivity contribution in [1.29, 1.82) is 0 Å². The van der Waals surface area contributed by atoms with Gasteiger partial charge in [-0.15, -0.1) is 0 Å². The van der Waals surface area contributed by atoms with Crippen LogP contribution in [-0.2, 0) is 9.53 Å². The van der Waals surface area contributed by atoms with Gasteiger partial charge in [0.15, 0.2) is 0 Å².